The van der Waals surface area contributed by atoms with E-state index in [0.29, 0.717) is 0 Å². The lowest BCUT2D eigenvalue weighted by Gasteiger charge is -2.17. The molecule has 0 aliphatic heterocycles. The molecule has 1 aromatic heterocycles. The van der Waals surface area contributed by atoms with E-state index in [-0.39, 0.29) is 11.3 Å². The molecule has 1 heterocycles. The van der Waals surface area contributed by atoms with Crippen LogP contribution in [0.4, 0.5) is 0 Å². The summed E-state index contributed by atoms with van der Waals surface area (Å²) in [5.74, 6) is -1.29. The van der Waals surface area contributed by atoms with Gasteiger partial charge in [0.25, 0.3) is 5.56 Å². The fourth-order valence-corrected chi connectivity index (χ4v) is 2.33. The summed E-state index contributed by atoms with van der Waals surface area (Å²) in [4.78, 5) is 36.9. The van der Waals surface area contributed by atoms with Gasteiger partial charge in [-0.2, -0.15) is 5.26 Å². The molecule has 2 rings (SSSR count). The lowest BCUT2D eigenvalue weighted by atomic mass is 10.2. The third kappa shape index (κ3) is 2.66. The molecule has 0 saturated carbocycles. The van der Waals surface area contributed by atoms with Crippen LogP contribution in [0.25, 0.3) is 5.69 Å². The van der Waals surface area contributed by atoms with Crippen molar-refractivity contribution in [2.75, 3.05) is 0 Å². The number of hydrogen-bond donors (Lipinski definition) is 1. The number of carbonyl (C=O) groups excluding carboxylic acids is 1. The van der Waals surface area contributed by atoms with Crippen molar-refractivity contribution in [1.29, 1.82) is 5.26 Å². The number of hydrogen-bond acceptors (Lipinski definition) is 5. The molecule has 7 heteroatoms. The maximum atomic E-state index is 12.6. The van der Waals surface area contributed by atoms with E-state index in [0.717, 1.165) is 16.1 Å². The fraction of sp³-hybridized carbons (Fsp3) is 0.250. The van der Waals surface area contributed by atoms with Gasteiger partial charge in [-0.05, 0) is 39.0 Å². The zero-order valence-corrected chi connectivity index (χ0v) is 12.9. The minimum Gasteiger partial charge on any atom is -0.494 e. The lowest BCUT2D eigenvalue weighted by Crippen LogP contribution is -2.42. The number of nitriles is 1. The fourth-order valence-electron chi connectivity index (χ4n) is 2.33. The van der Waals surface area contributed by atoms with Crippen molar-refractivity contribution in [1.82, 2.24) is 9.13 Å². The normalized spacial score (nSPS) is 10.6. The molecular weight excluding hydrogens is 298 g/mol. The third-order valence-electron chi connectivity index (χ3n) is 3.37. The molecule has 0 aliphatic rings. The van der Waals surface area contributed by atoms with Gasteiger partial charge in [0.1, 0.15) is 5.56 Å². The third-order valence-corrected chi connectivity index (χ3v) is 3.37. The summed E-state index contributed by atoms with van der Waals surface area (Å²) in [7, 11) is 0. The SMILES string of the molecule is CC(=O)c1c(O)n(C(C)C)c(=O)n(-c2cccc(C#N)c2)c1=O. The average Bonchev–Trinajstić information content (AvgIpc) is 2.46. The first-order chi connectivity index (χ1) is 10.8. The Morgan fingerprint density at radius 1 is 1.30 bits per heavy atom. The number of rotatable bonds is 3. The maximum Gasteiger partial charge on any atom is 0.338 e. The van der Waals surface area contributed by atoms with Gasteiger partial charge in [0.2, 0.25) is 5.88 Å². The van der Waals surface area contributed by atoms with Crippen molar-refractivity contribution < 1.29 is 9.90 Å². The molecule has 0 spiro atoms. The van der Waals surface area contributed by atoms with E-state index >= 15 is 0 Å². The van der Waals surface area contributed by atoms with Crippen molar-refractivity contribution in [2.45, 2.75) is 26.8 Å². The van der Waals surface area contributed by atoms with Gasteiger partial charge in [-0.1, -0.05) is 6.07 Å². The molecule has 23 heavy (non-hydrogen) atoms. The number of nitrogens with zero attached hydrogens (tertiary/aromatic N) is 3. The van der Waals surface area contributed by atoms with Crippen molar-refractivity contribution >= 4 is 5.78 Å². The van der Waals surface area contributed by atoms with Gasteiger partial charge in [-0.3, -0.25) is 14.2 Å². The number of benzene rings is 1. The second kappa shape index (κ2) is 5.93. The summed E-state index contributed by atoms with van der Waals surface area (Å²) >= 11 is 0. The molecule has 0 atom stereocenters. The Balaban J connectivity index is 2.99. The van der Waals surface area contributed by atoms with Crippen LogP contribution < -0.4 is 11.2 Å². The van der Waals surface area contributed by atoms with Crippen LogP contribution in [0.1, 0.15) is 42.7 Å². The number of carbonyl (C=O) groups is 1. The highest BCUT2D eigenvalue weighted by molar-refractivity contribution is 5.95. The van der Waals surface area contributed by atoms with Gasteiger partial charge in [0.15, 0.2) is 5.78 Å². The molecule has 1 N–H and O–H groups in total. The number of aromatic hydroxyl groups is 1. The predicted molar refractivity (Wildman–Crippen MR) is 83.1 cm³/mol. The zero-order chi connectivity index (χ0) is 17.3. The van der Waals surface area contributed by atoms with E-state index < -0.39 is 34.5 Å². The van der Waals surface area contributed by atoms with E-state index in [1.165, 1.54) is 24.3 Å². The molecule has 0 fully saturated rings. The first-order valence-corrected chi connectivity index (χ1v) is 6.91. The molecule has 7 nitrogen and oxygen atoms in total. The van der Waals surface area contributed by atoms with Gasteiger partial charge >= 0.3 is 5.69 Å². The Bertz CT molecular complexity index is 945. The van der Waals surface area contributed by atoms with Crippen molar-refractivity contribution in [3.8, 4) is 17.6 Å². The van der Waals surface area contributed by atoms with E-state index in [9.17, 15) is 19.5 Å². The second-order valence-corrected chi connectivity index (χ2v) is 5.30. The second-order valence-electron chi connectivity index (χ2n) is 5.30. The van der Waals surface area contributed by atoms with Gasteiger partial charge in [-0.15, -0.1) is 0 Å². The van der Waals surface area contributed by atoms with Gasteiger partial charge in [0.05, 0.1) is 17.3 Å². The Morgan fingerprint density at radius 3 is 2.48 bits per heavy atom. The highest BCUT2D eigenvalue weighted by Crippen LogP contribution is 2.17. The molecule has 0 aliphatic carbocycles. The highest BCUT2D eigenvalue weighted by atomic mass is 16.3. The molecule has 0 unspecified atom stereocenters. The minimum absolute atomic E-state index is 0.163. The van der Waals surface area contributed by atoms with E-state index in [1.807, 2.05) is 6.07 Å². The molecule has 0 radical (unpaired) electrons. The van der Waals surface area contributed by atoms with E-state index in [4.69, 9.17) is 5.26 Å². The maximum absolute atomic E-state index is 12.6. The van der Waals surface area contributed by atoms with Crippen LogP contribution in [0.2, 0.25) is 0 Å². The predicted octanol–water partition coefficient (Wildman–Crippen LogP) is 1.36. The van der Waals surface area contributed by atoms with Crippen LogP contribution in [0.5, 0.6) is 5.88 Å². The van der Waals surface area contributed by atoms with Crippen LogP contribution in [0, 0.1) is 11.3 Å². The van der Waals surface area contributed by atoms with Crippen LogP contribution in [-0.4, -0.2) is 20.0 Å². The van der Waals surface area contributed by atoms with Crippen molar-refractivity contribution in [2.24, 2.45) is 0 Å². The minimum atomic E-state index is -0.910. The van der Waals surface area contributed by atoms with Crippen LogP contribution >= 0.6 is 0 Å². The lowest BCUT2D eigenvalue weighted by molar-refractivity contribution is 0.101. The summed E-state index contributed by atoms with van der Waals surface area (Å²) in [6.45, 7) is 4.43. The van der Waals surface area contributed by atoms with Crippen molar-refractivity contribution in [3.63, 3.8) is 0 Å². The van der Waals surface area contributed by atoms with Gasteiger partial charge in [-0.25, -0.2) is 9.36 Å². The Labute approximate surface area is 131 Å². The van der Waals surface area contributed by atoms with E-state index in [2.05, 4.69) is 0 Å². The molecule has 0 amide bonds. The van der Waals surface area contributed by atoms with Crippen LogP contribution in [0.3, 0.4) is 0 Å². The quantitative estimate of drug-likeness (QED) is 0.861. The number of ketones is 1. The molecule has 1 aromatic carbocycles. The van der Waals surface area contributed by atoms with Crippen LogP contribution in [-0.2, 0) is 0 Å². The first-order valence-electron chi connectivity index (χ1n) is 6.91. The smallest absolute Gasteiger partial charge is 0.338 e. The largest absolute Gasteiger partial charge is 0.494 e. The standard InChI is InChI=1S/C16H15N3O4/c1-9(2)18-14(21)13(10(3)20)15(22)19(16(18)23)12-6-4-5-11(7-12)8-17/h4-7,9,21H,1-3H3. The summed E-state index contributed by atoms with van der Waals surface area (Å²) < 4.78 is 1.76. The Morgan fingerprint density at radius 2 is 1.96 bits per heavy atom. The van der Waals surface area contributed by atoms with Gasteiger partial charge in [0, 0.05) is 6.04 Å². The zero-order valence-electron chi connectivity index (χ0n) is 12.9. The van der Waals surface area contributed by atoms with Crippen molar-refractivity contribution in [3.05, 3.63) is 56.2 Å². The Hall–Kier alpha value is -3.14. The molecule has 0 bridgehead atoms. The summed E-state index contributed by atoms with van der Waals surface area (Å²) in [6, 6.07) is 7.36. The van der Waals surface area contributed by atoms with E-state index in [1.54, 1.807) is 13.8 Å². The van der Waals surface area contributed by atoms with Crippen LogP contribution in [0.15, 0.2) is 33.9 Å². The number of Topliss-reactive ketones (excluding diaryl/α,β-unsaturated/α-hetero) is 1. The highest BCUT2D eigenvalue weighted by Gasteiger charge is 2.23. The topological polar surface area (TPSA) is 105 Å². The first kappa shape index (κ1) is 16.2. The summed E-state index contributed by atoms with van der Waals surface area (Å²) in [5.41, 5.74) is -1.71. The monoisotopic (exact) mass is 313 g/mol. The Kier molecular flexibility index (Phi) is 4.18. The average molecular weight is 313 g/mol. The summed E-state index contributed by atoms with van der Waals surface area (Å²) in [5, 5.41) is 19.1. The van der Waals surface area contributed by atoms with Gasteiger partial charge < -0.3 is 5.11 Å². The molecular formula is C16H15N3O4. The number of aromatic nitrogens is 2. The molecule has 118 valence electrons. The molecule has 2 aromatic rings. The summed E-state index contributed by atoms with van der Waals surface area (Å²) in [6.07, 6.45) is 0. The molecule has 0 saturated heterocycles.